The highest BCUT2D eigenvalue weighted by Gasteiger charge is 2.27. The van der Waals surface area contributed by atoms with Gasteiger partial charge in [0.25, 0.3) is 0 Å². The van der Waals surface area contributed by atoms with Gasteiger partial charge in [-0.3, -0.25) is 9.67 Å². The molecule has 3 heterocycles. The van der Waals surface area contributed by atoms with E-state index < -0.39 is 0 Å². The van der Waals surface area contributed by atoms with E-state index in [1.807, 2.05) is 59.1 Å². The molecule has 6 nitrogen and oxygen atoms in total. The standard InChI is InChI=1S/C21H23N5O/c1-16-6-7-17(13-18-5-2-3-9-22-18)14-20(16)24-21(27)25-12-8-19(15-25)26-11-4-10-23-26/h2-7,9-11,14,19H,8,12-13,15H2,1H3,(H,24,27). The first-order chi connectivity index (χ1) is 13.2. The van der Waals surface area contributed by atoms with Crippen molar-refractivity contribution in [2.45, 2.75) is 25.8 Å². The first-order valence-electron chi connectivity index (χ1n) is 9.23. The van der Waals surface area contributed by atoms with Crippen molar-refractivity contribution >= 4 is 11.7 Å². The van der Waals surface area contributed by atoms with Crippen LogP contribution in [0.3, 0.4) is 0 Å². The van der Waals surface area contributed by atoms with Crippen molar-refractivity contribution in [2.75, 3.05) is 18.4 Å². The molecule has 138 valence electrons. The maximum absolute atomic E-state index is 12.7. The molecular weight excluding hydrogens is 338 g/mol. The third kappa shape index (κ3) is 4.00. The van der Waals surface area contributed by atoms with Gasteiger partial charge in [0.15, 0.2) is 0 Å². The highest BCUT2D eigenvalue weighted by Crippen LogP contribution is 2.23. The molecule has 3 aromatic rings. The normalized spacial score (nSPS) is 16.5. The number of hydrogen-bond acceptors (Lipinski definition) is 3. The zero-order chi connectivity index (χ0) is 18.6. The van der Waals surface area contributed by atoms with Gasteiger partial charge in [-0.05, 0) is 48.7 Å². The van der Waals surface area contributed by atoms with Gasteiger partial charge in [-0.2, -0.15) is 5.10 Å². The molecule has 4 rings (SSSR count). The lowest BCUT2D eigenvalue weighted by Crippen LogP contribution is -2.33. The molecule has 1 saturated heterocycles. The van der Waals surface area contributed by atoms with E-state index in [0.717, 1.165) is 41.9 Å². The van der Waals surface area contributed by atoms with E-state index in [1.54, 1.807) is 12.4 Å². The molecule has 0 aliphatic carbocycles. The number of carbonyl (C=O) groups excluding carboxylic acids is 1. The lowest BCUT2D eigenvalue weighted by molar-refractivity contribution is 0.220. The molecule has 1 unspecified atom stereocenters. The van der Waals surface area contributed by atoms with Gasteiger partial charge in [0.1, 0.15) is 0 Å². The molecule has 6 heteroatoms. The molecule has 2 amide bonds. The number of aryl methyl sites for hydroxylation is 1. The summed E-state index contributed by atoms with van der Waals surface area (Å²) in [5, 5.41) is 7.38. The summed E-state index contributed by atoms with van der Waals surface area (Å²) in [6, 6.07) is 14.2. The molecule has 0 spiro atoms. The Labute approximate surface area is 158 Å². The van der Waals surface area contributed by atoms with Gasteiger partial charge < -0.3 is 10.2 Å². The fraction of sp³-hybridized carbons (Fsp3) is 0.286. The average Bonchev–Trinajstić information content (AvgIpc) is 3.36. The molecule has 1 aliphatic rings. The van der Waals surface area contributed by atoms with E-state index in [9.17, 15) is 4.79 Å². The van der Waals surface area contributed by atoms with Crippen LogP contribution in [-0.4, -0.2) is 38.8 Å². The largest absolute Gasteiger partial charge is 0.322 e. The van der Waals surface area contributed by atoms with Crippen LogP contribution in [0.5, 0.6) is 0 Å². The maximum Gasteiger partial charge on any atom is 0.321 e. The molecular formula is C21H23N5O. The van der Waals surface area contributed by atoms with Gasteiger partial charge >= 0.3 is 6.03 Å². The van der Waals surface area contributed by atoms with E-state index in [2.05, 4.69) is 21.5 Å². The Bertz CT molecular complexity index is 908. The fourth-order valence-corrected chi connectivity index (χ4v) is 3.46. The summed E-state index contributed by atoms with van der Waals surface area (Å²) < 4.78 is 1.94. The van der Waals surface area contributed by atoms with Crippen molar-refractivity contribution in [2.24, 2.45) is 0 Å². The molecule has 2 aromatic heterocycles. The van der Waals surface area contributed by atoms with Gasteiger partial charge in [-0.25, -0.2) is 4.79 Å². The first-order valence-corrected chi connectivity index (χ1v) is 9.23. The second-order valence-corrected chi connectivity index (χ2v) is 6.95. The van der Waals surface area contributed by atoms with Crippen molar-refractivity contribution in [3.05, 3.63) is 77.9 Å². The number of aromatic nitrogens is 3. The number of pyridine rings is 1. The number of benzene rings is 1. The fourth-order valence-electron chi connectivity index (χ4n) is 3.46. The van der Waals surface area contributed by atoms with Crippen molar-refractivity contribution in [3.63, 3.8) is 0 Å². The Kier molecular flexibility index (Phi) is 4.87. The predicted molar refractivity (Wildman–Crippen MR) is 105 cm³/mol. The summed E-state index contributed by atoms with van der Waals surface area (Å²) in [5.74, 6) is 0. The third-order valence-electron chi connectivity index (χ3n) is 5.00. The minimum Gasteiger partial charge on any atom is -0.322 e. The van der Waals surface area contributed by atoms with Crippen LogP contribution in [0.2, 0.25) is 0 Å². The van der Waals surface area contributed by atoms with E-state index in [4.69, 9.17) is 0 Å². The number of amides is 2. The topological polar surface area (TPSA) is 63.1 Å². The van der Waals surface area contributed by atoms with Crippen LogP contribution in [0.1, 0.15) is 29.3 Å². The number of hydrogen-bond donors (Lipinski definition) is 1. The van der Waals surface area contributed by atoms with E-state index in [0.29, 0.717) is 6.54 Å². The molecule has 0 radical (unpaired) electrons. The van der Waals surface area contributed by atoms with Gasteiger partial charge in [0.05, 0.1) is 6.04 Å². The lowest BCUT2D eigenvalue weighted by Gasteiger charge is -2.19. The summed E-state index contributed by atoms with van der Waals surface area (Å²) in [4.78, 5) is 19.0. The summed E-state index contributed by atoms with van der Waals surface area (Å²) in [7, 11) is 0. The van der Waals surface area contributed by atoms with Crippen LogP contribution < -0.4 is 5.32 Å². The monoisotopic (exact) mass is 361 g/mol. The smallest absolute Gasteiger partial charge is 0.321 e. The number of carbonyl (C=O) groups is 1. The number of nitrogens with zero attached hydrogens (tertiary/aromatic N) is 4. The molecule has 0 bridgehead atoms. The summed E-state index contributed by atoms with van der Waals surface area (Å²) in [6.07, 6.45) is 7.20. The summed E-state index contributed by atoms with van der Waals surface area (Å²) >= 11 is 0. The van der Waals surface area contributed by atoms with Crippen LogP contribution in [0.25, 0.3) is 0 Å². The quantitative estimate of drug-likeness (QED) is 0.771. The Hall–Kier alpha value is -3.15. The molecule has 27 heavy (non-hydrogen) atoms. The minimum absolute atomic E-state index is 0.0530. The Morgan fingerprint density at radius 2 is 2.15 bits per heavy atom. The Balaban J connectivity index is 1.43. The number of nitrogens with one attached hydrogen (secondary N) is 1. The molecule has 1 aromatic carbocycles. The van der Waals surface area contributed by atoms with E-state index in [-0.39, 0.29) is 12.1 Å². The lowest BCUT2D eigenvalue weighted by atomic mass is 10.1. The highest BCUT2D eigenvalue weighted by molar-refractivity contribution is 5.90. The van der Waals surface area contributed by atoms with Crippen molar-refractivity contribution in [1.29, 1.82) is 0 Å². The summed E-state index contributed by atoms with van der Waals surface area (Å²) in [5.41, 5.74) is 4.05. The van der Waals surface area contributed by atoms with Crippen LogP contribution in [0.4, 0.5) is 10.5 Å². The van der Waals surface area contributed by atoms with Crippen LogP contribution in [0, 0.1) is 6.92 Å². The molecule has 1 aliphatic heterocycles. The Morgan fingerprint density at radius 3 is 2.93 bits per heavy atom. The third-order valence-corrected chi connectivity index (χ3v) is 5.00. The second-order valence-electron chi connectivity index (χ2n) is 6.95. The predicted octanol–water partition coefficient (Wildman–Crippen LogP) is 3.66. The summed E-state index contributed by atoms with van der Waals surface area (Å²) in [6.45, 7) is 3.43. The highest BCUT2D eigenvalue weighted by atomic mass is 16.2. The molecule has 1 N–H and O–H groups in total. The van der Waals surface area contributed by atoms with Gasteiger partial charge in [-0.1, -0.05) is 18.2 Å². The zero-order valence-electron chi connectivity index (χ0n) is 15.4. The van der Waals surface area contributed by atoms with Crippen LogP contribution in [-0.2, 0) is 6.42 Å². The van der Waals surface area contributed by atoms with Crippen LogP contribution >= 0.6 is 0 Å². The van der Waals surface area contributed by atoms with Crippen molar-refractivity contribution in [1.82, 2.24) is 19.7 Å². The average molecular weight is 361 g/mol. The van der Waals surface area contributed by atoms with Crippen LogP contribution in [0.15, 0.2) is 61.1 Å². The molecule has 1 atom stereocenters. The molecule has 0 saturated carbocycles. The maximum atomic E-state index is 12.7. The number of rotatable bonds is 4. The van der Waals surface area contributed by atoms with Crippen molar-refractivity contribution < 1.29 is 4.79 Å². The first kappa shape index (κ1) is 17.3. The Morgan fingerprint density at radius 1 is 1.22 bits per heavy atom. The van der Waals surface area contributed by atoms with Gasteiger partial charge in [0, 0.05) is 49.5 Å². The number of likely N-dealkylation sites (tertiary alicyclic amines) is 1. The second kappa shape index (κ2) is 7.61. The number of urea groups is 1. The van der Waals surface area contributed by atoms with Crippen molar-refractivity contribution in [3.8, 4) is 0 Å². The molecule has 1 fully saturated rings. The minimum atomic E-state index is -0.0530. The number of anilines is 1. The van der Waals surface area contributed by atoms with E-state index >= 15 is 0 Å². The van der Waals surface area contributed by atoms with Gasteiger partial charge in [-0.15, -0.1) is 0 Å². The van der Waals surface area contributed by atoms with E-state index in [1.165, 1.54) is 0 Å². The SMILES string of the molecule is Cc1ccc(Cc2ccccn2)cc1NC(=O)N1CCC(n2cccn2)C1. The zero-order valence-corrected chi connectivity index (χ0v) is 15.4. The van der Waals surface area contributed by atoms with Gasteiger partial charge in [0.2, 0.25) is 0 Å².